The van der Waals surface area contributed by atoms with Crippen molar-refractivity contribution in [1.29, 1.82) is 0 Å². The van der Waals surface area contributed by atoms with Crippen LogP contribution < -0.4 is 4.90 Å². The Balaban J connectivity index is 2.17. The molecular weight excluding hydrogens is 292 g/mol. The molecule has 110 valence electrons. The molecule has 0 fully saturated rings. The van der Waals surface area contributed by atoms with Crippen molar-refractivity contribution in [2.45, 2.75) is 6.92 Å². The van der Waals surface area contributed by atoms with Gasteiger partial charge in [-0.15, -0.1) is 0 Å². The van der Waals surface area contributed by atoms with Gasteiger partial charge in [0.15, 0.2) is 5.13 Å². The summed E-state index contributed by atoms with van der Waals surface area (Å²) in [5.74, 6) is -0.0204. The zero-order valence-corrected chi connectivity index (χ0v) is 13.3. The molecule has 4 heteroatoms. The van der Waals surface area contributed by atoms with Crippen LogP contribution in [0.2, 0.25) is 0 Å². The summed E-state index contributed by atoms with van der Waals surface area (Å²) < 4.78 is 0. The quantitative estimate of drug-likeness (QED) is 0.715. The van der Waals surface area contributed by atoms with Crippen molar-refractivity contribution >= 4 is 22.4 Å². The van der Waals surface area contributed by atoms with Crippen molar-refractivity contribution < 1.29 is 4.79 Å². The lowest BCUT2D eigenvalue weighted by atomic mass is 10.1. The van der Waals surface area contributed by atoms with E-state index in [0.29, 0.717) is 5.13 Å². The predicted molar refractivity (Wildman–Crippen MR) is 92.1 cm³/mol. The van der Waals surface area contributed by atoms with E-state index < -0.39 is 0 Å². The average Bonchev–Trinajstić information content (AvgIpc) is 3.01. The first kappa shape index (κ1) is 14.5. The highest BCUT2D eigenvalue weighted by molar-refractivity contribution is 7.19. The minimum absolute atomic E-state index is 0.0204. The number of benzene rings is 2. The first-order valence-electron chi connectivity index (χ1n) is 7.03. The van der Waals surface area contributed by atoms with E-state index in [2.05, 4.69) is 12.1 Å². The van der Waals surface area contributed by atoms with Crippen molar-refractivity contribution in [2.24, 2.45) is 0 Å². The van der Waals surface area contributed by atoms with E-state index in [0.717, 1.165) is 21.7 Å². The fraction of sp³-hybridized carbons (Fsp3) is 0.111. The monoisotopic (exact) mass is 308 g/mol. The van der Waals surface area contributed by atoms with Gasteiger partial charge in [0, 0.05) is 19.5 Å². The lowest BCUT2D eigenvalue weighted by Gasteiger charge is -2.09. The fourth-order valence-electron chi connectivity index (χ4n) is 2.16. The maximum atomic E-state index is 11.6. The Morgan fingerprint density at radius 1 is 0.955 bits per heavy atom. The molecule has 0 radical (unpaired) electrons. The van der Waals surface area contributed by atoms with Crippen LogP contribution in [0.1, 0.15) is 6.92 Å². The maximum absolute atomic E-state index is 11.6. The summed E-state index contributed by atoms with van der Waals surface area (Å²) in [6.45, 7) is 1.55. The van der Waals surface area contributed by atoms with E-state index in [1.165, 1.54) is 11.3 Å². The van der Waals surface area contributed by atoms with Gasteiger partial charge in [-0.2, -0.15) is 0 Å². The van der Waals surface area contributed by atoms with Crippen molar-refractivity contribution in [1.82, 2.24) is 4.98 Å². The number of rotatable bonds is 3. The zero-order chi connectivity index (χ0) is 15.5. The van der Waals surface area contributed by atoms with Gasteiger partial charge in [-0.25, -0.2) is 4.98 Å². The largest absolute Gasteiger partial charge is 0.291 e. The van der Waals surface area contributed by atoms with Gasteiger partial charge in [-0.05, 0) is 5.56 Å². The summed E-state index contributed by atoms with van der Waals surface area (Å²) in [7, 11) is 1.75. The van der Waals surface area contributed by atoms with Crippen molar-refractivity contribution in [2.75, 3.05) is 11.9 Å². The summed E-state index contributed by atoms with van der Waals surface area (Å²) in [6, 6.07) is 20.2. The van der Waals surface area contributed by atoms with E-state index in [1.54, 1.807) is 18.9 Å². The molecule has 0 aliphatic heterocycles. The zero-order valence-electron chi connectivity index (χ0n) is 12.5. The number of thiazole rings is 1. The van der Waals surface area contributed by atoms with Crippen LogP contribution in [-0.4, -0.2) is 17.9 Å². The highest BCUT2D eigenvalue weighted by atomic mass is 32.1. The van der Waals surface area contributed by atoms with Crippen LogP contribution in [0.4, 0.5) is 5.13 Å². The van der Waals surface area contributed by atoms with Crippen LogP contribution in [0.25, 0.3) is 21.7 Å². The third-order valence-corrected chi connectivity index (χ3v) is 4.64. The SMILES string of the molecule is CC(=O)N(C)c1nc(-c2ccccc2)c(-c2ccccc2)s1. The molecule has 22 heavy (non-hydrogen) atoms. The first-order chi connectivity index (χ1) is 10.7. The molecule has 0 N–H and O–H groups in total. The number of aromatic nitrogens is 1. The van der Waals surface area contributed by atoms with Gasteiger partial charge in [-0.3, -0.25) is 9.69 Å². The number of hydrogen-bond donors (Lipinski definition) is 0. The Bertz CT molecular complexity index is 724. The van der Waals surface area contributed by atoms with Gasteiger partial charge >= 0.3 is 0 Å². The average molecular weight is 308 g/mol. The molecule has 3 rings (SSSR count). The molecule has 0 saturated carbocycles. The Morgan fingerprint density at radius 2 is 1.50 bits per heavy atom. The molecule has 1 aromatic heterocycles. The minimum atomic E-state index is -0.0204. The summed E-state index contributed by atoms with van der Waals surface area (Å²) in [5, 5.41) is 0.713. The van der Waals surface area contributed by atoms with Crippen molar-refractivity contribution in [3.8, 4) is 21.7 Å². The molecule has 0 unspecified atom stereocenters. The summed E-state index contributed by atoms with van der Waals surface area (Å²) in [5.41, 5.74) is 3.09. The number of nitrogens with zero attached hydrogens (tertiary/aromatic N) is 2. The molecule has 3 nitrogen and oxygen atoms in total. The van der Waals surface area contributed by atoms with Gasteiger partial charge in [-0.1, -0.05) is 72.0 Å². The molecule has 2 aromatic carbocycles. The molecule has 3 aromatic rings. The number of carbonyl (C=O) groups is 1. The van der Waals surface area contributed by atoms with E-state index >= 15 is 0 Å². The standard InChI is InChI=1S/C18H16N2OS/c1-13(21)20(2)18-19-16(14-9-5-3-6-10-14)17(22-18)15-11-7-4-8-12-15/h3-12H,1-2H3. The van der Waals surface area contributed by atoms with Crippen LogP contribution in [-0.2, 0) is 4.79 Å². The molecule has 0 aliphatic carbocycles. The third kappa shape index (κ3) is 2.78. The normalized spacial score (nSPS) is 10.5. The highest BCUT2D eigenvalue weighted by Gasteiger charge is 2.18. The predicted octanol–water partition coefficient (Wildman–Crippen LogP) is 4.46. The first-order valence-corrected chi connectivity index (χ1v) is 7.84. The van der Waals surface area contributed by atoms with Gasteiger partial charge in [0.25, 0.3) is 0 Å². The van der Waals surface area contributed by atoms with E-state index in [-0.39, 0.29) is 5.91 Å². The van der Waals surface area contributed by atoms with Crippen LogP contribution >= 0.6 is 11.3 Å². The van der Waals surface area contributed by atoms with Crippen LogP contribution in [0.5, 0.6) is 0 Å². The van der Waals surface area contributed by atoms with Crippen LogP contribution in [0, 0.1) is 0 Å². The second-order valence-electron chi connectivity index (χ2n) is 4.98. The van der Waals surface area contributed by atoms with E-state index in [1.807, 2.05) is 48.5 Å². The molecule has 1 amide bonds. The van der Waals surface area contributed by atoms with Gasteiger partial charge < -0.3 is 0 Å². The third-order valence-electron chi connectivity index (χ3n) is 3.46. The Morgan fingerprint density at radius 3 is 2.05 bits per heavy atom. The maximum Gasteiger partial charge on any atom is 0.225 e. The highest BCUT2D eigenvalue weighted by Crippen LogP contribution is 2.39. The number of amides is 1. The lowest BCUT2D eigenvalue weighted by molar-refractivity contribution is -0.116. The number of carbonyl (C=O) groups excluding carboxylic acids is 1. The lowest BCUT2D eigenvalue weighted by Crippen LogP contribution is -2.22. The van der Waals surface area contributed by atoms with Crippen LogP contribution in [0.15, 0.2) is 60.7 Å². The molecule has 1 heterocycles. The molecule has 0 bridgehead atoms. The minimum Gasteiger partial charge on any atom is -0.291 e. The Labute approximate surface area is 133 Å². The second-order valence-corrected chi connectivity index (χ2v) is 5.96. The molecular formula is C18H16N2OS. The number of hydrogen-bond acceptors (Lipinski definition) is 3. The second kappa shape index (κ2) is 6.12. The Kier molecular flexibility index (Phi) is 4.02. The van der Waals surface area contributed by atoms with Gasteiger partial charge in [0.2, 0.25) is 5.91 Å². The summed E-state index contributed by atoms with van der Waals surface area (Å²) >= 11 is 1.54. The van der Waals surface area contributed by atoms with Crippen LogP contribution in [0.3, 0.4) is 0 Å². The molecule has 0 saturated heterocycles. The summed E-state index contributed by atoms with van der Waals surface area (Å²) in [4.78, 5) is 19.0. The smallest absolute Gasteiger partial charge is 0.225 e. The molecule has 0 aliphatic rings. The molecule has 0 atom stereocenters. The molecule has 0 spiro atoms. The van der Waals surface area contributed by atoms with E-state index in [4.69, 9.17) is 4.98 Å². The van der Waals surface area contributed by atoms with Gasteiger partial charge in [0.05, 0.1) is 10.6 Å². The topological polar surface area (TPSA) is 33.2 Å². The van der Waals surface area contributed by atoms with Crippen molar-refractivity contribution in [3.63, 3.8) is 0 Å². The van der Waals surface area contributed by atoms with Gasteiger partial charge in [0.1, 0.15) is 0 Å². The van der Waals surface area contributed by atoms with Crippen molar-refractivity contribution in [3.05, 3.63) is 60.7 Å². The fourth-order valence-corrected chi connectivity index (χ4v) is 3.26. The summed E-state index contributed by atoms with van der Waals surface area (Å²) in [6.07, 6.45) is 0. The Hall–Kier alpha value is -2.46. The van der Waals surface area contributed by atoms with E-state index in [9.17, 15) is 4.79 Å². The number of anilines is 1.